The maximum Gasteiger partial charge on any atom is 0.180 e. The lowest BCUT2D eigenvalue weighted by atomic mass is 10.3. The molecule has 17 heavy (non-hydrogen) atoms. The molecule has 3 heteroatoms. The normalized spacial score (nSPS) is 11.6. The van der Waals surface area contributed by atoms with Crippen molar-refractivity contribution in [1.29, 1.82) is 0 Å². The van der Waals surface area contributed by atoms with Crippen LogP contribution in [-0.2, 0) is 4.79 Å². The van der Waals surface area contributed by atoms with Gasteiger partial charge in [0.1, 0.15) is 12.4 Å². The van der Waals surface area contributed by atoms with Crippen molar-refractivity contribution in [3.05, 3.63) is 67.0 Å². The fourth-order valence-corrected chi connectivity index (χ4v) is 1.01. The molecule has 0 unspecified atom stereocenters. The van der Waals surface area contributed by atoms with E-state index in [0.717, 1.165) is 5.75 Å². The Bertz CT molecular complexity index is 416. The number of ether oxygens (including phenoxy) is 1. The van der Waals surface area contributed by atoms with E-state index < -0.39 is 6.61 Å². The van der Waals surface area contributed by atoms with Gasteiger partial charge in [-0.1, -0.05) is 36.4 Å². The van der Waals surface area contributed by atoms with E-state index in [9.17, 15) is 4.79 Å². The third-order valence-corrected chi connectivity index (χ3v) is 1.80. The monoisotopic (exact) mass is 230 g/mol. The number of hydrogen-bond donors (Lipinski definition) is 1. The first-order valence-electron chi connectivity index (χ1n) is 5.18. The van der Waals surface area contributed by atoms with Crippen LogP contribution < -0.4 is 4.74 Å². The first-order chi connectivity index (χ1) is 8.33. The van der Waals surface area contributed by atoms with Gasteiger partial charge in [0.25, 0.3) is 0 Å². The van der Waals surface area contributed by atoms with Gasteiger partial charge in [0.15, 0.2) is 5.78 Å². The van der Waals surface area contributed by atoms with Gasteiger partial charge in [-0.25, -0.2) is 0 Å². The van der Waals surface area contributed by atoms with Gasteiger partial charge in [0, 0.05) is 0 Å². The van der Waals surface area contributed by atoms with Gasteiger partial charge < -0.3 is 9.84 Å². The number of rotatable bonds is 6. The van der Waals surface area contributed by atoms with E-state index in [2.05, 4.69) is 0 Å². The Morgan fingerprint density at radius 2 is 1.82 bits per heavy atom. The number of aliphatic hydroxyl groups is 1. The Labute approximate surface area is 100 Å². The van der Waals surface area contributed by atoms with Crippen molar-refractivity contribution in [2.45, 2.75) is 0 Å². The first kappa shape index (κ1) is 12.9. The summed E-state index contributed by atoms with van der Waals surface area (Å²) in [4.78, 5) is 10.7. The Morgan fingerprint density at radius 1 is 1.12 bits per heavy atom. The molecule has 0 heterocycles. The zero-order chi connectivity index (χ0) is 12.3. The molecule has 0 aliphatic heterocycles. The number of carbonyl (C=O) groups excluding carboxylic acids is 1. The van der Waals surface area contributed by atoms with Crippen molar-refractivity contribution in [3.63, 3.8) is 0 Å². The maximum atomic E-state index is 10.7. The average molecular weight is 230 g/mol. The largest absolute Gasteiger partial charge is 0.465 e. The van der Waals surface area contributed by atoms with E-state index in [4.69, 9.17) is 9.84 Å². The molecular weight excluding hydrogens is 216 g/mol. The highest BCUT2D eigenvalue weighted by Crippen LogP contribution is 2.08. The number of aliphatic hydroxyl groups excluding tert-OH is 1. The van der Waals surface area contributed by atoms with Gasteiger partial charge in [-0.2, -0.15) is 0 Å². The third kappa shape index (κ3) is 6.12. The van der Waals surface area contributed by atoms with Gasteiger partial charge in [-0.15, -0.1) is 0 Å². The fourth-order valence-electron chi connectivity index (χ4n) is 1.01. The molecule has 0 aromatic heterocycles. The van der Waals surface area contributed by atoms with Crippen LogP contribution in [0.5, 0.6) is 5.75 Å². The molecule has 0 bridgehead atoms. The number of allylic oxidation sites excluding steroid dienone is 4. The van der Waals surface area contributed by atoms with Crippen molar-refractivity contribution in [2.75, 3.05) is 6.61 Å². The zero-order valence-electron chi connectivity index (χ0n) is 9.32. The number of ketones is 1. The van der Waals surface area contributed by atoms with Crippen molar-refractivity contribution in [3.8, 4) is 5.75 Å². The van der Waals surface area contributed by atoms with Crippen molar-refractivity contribution in [1.82, 2.24) is 0 Å². The highest BCUT2D eigenvalue weighted by atomic mass is 16.5. The highest BCUT2D eigenvalue weighted by Gasteiger charge is 1.87. The second-order valence-electron chi connectivity index (χ2n) is 3.13. The van der Waals surface area contributed by atoms with Crippen LogP contribution in [0.1, 0.15) is 0 Å². The molecule has 0 fully saturated rings. The van der Waals surface area contributed by atoms with Crippen LogP contribution in [0.3, 0.4) is 0 Å². The quantitative estimate of drug-likeness (QED) is 0.463. The average Bonchev–Trinajstić information content (AvgIpc) is 2.38. The second-order valence-corrected chi connectivity index (χ2v) is 3.13. The van der Waals surface area contributed by atoms with Gasteiger partial charge in [-0.3, -0.25) is 4.79 Å². The lowest BCUT2D eigenvalue weighted by Gasteiger charge is -1.96. The van der Waals surface area contributed by atoms with Gasteiger partial charge in [-0.05, 0) is 24.3 Å². The fraction of sp³-hybridized carbons (Fsp3) is 0.0714. The standard InChI is InChI=1S/C14H14O3/c15-12-13(16)8-4-1-2-7-11-17-14-9-5-3-6-10-14/h1-11,15H,12H2/b2-1+,8-4+,11-7+. The second kappa shape index (κ2) is 8.07. The van der Waals surface area contributed by atoms with Crippen molar-refractivity contribution in [2.24, 2.45) is 0 Å². The van der Waals surface area contributed by atoms with E-state index >= 15 is 0 Å². The topological polar surface area (TPSA) is 46.5 Å². The van der Waals surface area contributed by atoms with E-state index in [1.165, 1.54) is 6.08 Å². The summed E-state index contributed by atoms with van der Waals surface area (Å²) in [6.07, 6.45) is 9.53. The first-order valence-corrected chi connectivity index (χ1v) is 5.18. The SMILES string of the molecule is O=C(/C=C/C=C/C=C/Oc1ccccc1)CO. The van der Waals surface area contributed by atoms with E-state index in [1.807, 2.05) is 30.3 Å². The molecule has 3 nitrogen and oxygen atoms in total. The molecule has 88 valence electrons. The van der Waals surface area contributed by atoms with E-state index in [-0.39, 0.29) is 5.78 Å². The Morgan fingerprint density at radius 3 is 2.53 bits per heavy atom. The van der Waals surface area contributed by atoms with Gasteiger partial charge in [0.2, 0.25) is 0 Å². The van der Waals surface area contributed by atoms with Crippen LogP contribution in [0.15, 0.2) is 67.0 Å². The van der Waals surface area contributed by atoms with Crippen molar-refractivity contribution < 1.29 is 14.6 Å². The third-order valence-electron chi connectivity index (χ3n) is 1.80. The molecule has 0 atom stereocenters. The smallest absolute Gasteiger partial charge is 0.180 e. The van der Waals surface area contributed by atoms with Gasteiger partial charge >= 0.3 is 0 Å². The number of hydrogen-bond acceptors (Lipinski definition) is 3. The minimum absolute atomic E-state index is 0.320. The zero-order valence-corrected chi connectivity index (χ0v) is 9.32. The minimum atomic E-state index is -0.461. The molecule has 1 rings (SSSR count). The van der Waals surface area contributed by atoms with Crippen LogP contribution in [-0.4, -0.2) is 17.5 Å². The molecule has 0 aliphatic rings. The molecule has 0 saturated carbocycles. The van der Waals surface area contributed by atoms with Crippen LogP contribution in [0, 0.1) is 0 Å². The summed E-state index contributed by atoms with van der Waals surface area (Å²) < 4.78 is 5.29. The number of carbonyl (C=O) groups is 1. The Hall–Kier alpha value is -2.13. The molecule has 1 aromatic rings. The molecule has 0 saturated heterocycles. The van der Waals surface area contributed by atoms with Crippen LogP contribution >= 0.6 is 0 Å². The van der Waals surface area contributed by atoms with Crippen molar-refractivity contribution >= 4 is 5.78 Å². The summed E-state index contributed by atoms with van der Waals surface area (Å²) >= 11 is 0. The molecule has 0 spiro atoms. The van der Waals surface area contributed by atoms with E-state index in [0.29, 0.717) is 0 Å². The number of para-hydroxylation sites is 1. The summed E-state index contributed by atoms with van der Waals surface area (Å²) in [5, 5.41) is 8.44. The van der Waals surface area contributed by atoms with Crippen LogP contribution in [0.2, 0.25) is 0 Å². The van der Waals surface area contributed by atoms with Crippen LogP contribution in [0.25, 0.3) is 0 Å². The summed E-state index contributed by atoms with van der Waals surface area (Å²) in [6.45, 7) is -0.461. The molecule has 1 N–H and O–H groups in total. The lowest BCUT2D eigenvalue weighted by Crippen LogP contribution is -1.97. The van der Waals surface area contributed by atoms with Gasteiger partial charge in [0.05, 0.1) is 6.26 Å². The Balaban J connectivity index is 2.29. The summed E-state index contributed by atoms with van der Waals surface area (Å²) in [5.74, 6) is 0.447. The molecule has 0 radical (unpaired) electrons. The molecule has 0 amide bonds. The van der Waals surface area contributed by atoms with Crippen LogP contribution in [0.4, 0.5) is 0 Å². The lowest BCUT2D eigenvalue weighted by molar-refractivity contribution is -0.117. The summed E-state index contributed by atoms with van der Waals surface area (Å²) in [6, 6.07) is 9.41. The molecular formula is C14H14O3. The highest BCUT2D eigenvalue weighted by molar-refractivity contribution is 5.90. The predicted molar refractivity (Wildman–Crippen MR) is 66.6 cm³/mol. The molecule has 0 aliphatic carbocycles. The summed E-state index contributed by atoms with van der Waals surface area (Å²) in [5.41, 5.74) is 0. The summed E-state index contributed by atoms with van der Waals surface area (Å²) in [7, 11) is 0. The number of benzene rings is 1. The van der Waals surface area contributed by atoms with E-state index in [1.54, 1.807) is 30.6 Å². The maximum absolute atomic E-state index is 10.7. The molecule has 1 aromatic carbocycles. The minimum Gasteiger partial charge on any atom is -0.465 e. The Kier molecular flexibility index (Phi) is 6.14. The predicted octanol–water partition coefficient (Wildman–Crippen LogP) is 2.25.